The number of likely N-dealkylation sites (tertiary alicyclic amines) is 1. The number of amides is 5. The van der Waals surface area contributed by atoms with Crippen molar-refractivity contribution in [3.63, 3.8) is 0 Å². The molecule has 3 aromatic rings. The lowest BCUT2D eigenvalue weighted by Gasteiger charge is -2.29. The third-order valence-electron chi connectivity index (χ3n) is 6.19. The number of nitrogens with zero attached hydrogens (tertiary/aromatic N) is 3. The average molecular weight is 505 g/mol. The zero-order valence-electron chi connectivity index (χ0n) is 20.0. The van der Waals surface area contributed by atoms with E-state index in [2.05, 4.69) is 37.5 Å². The number of H-pyrrole nitrogens is 1. The van der Waals surface area contributed by atoms with Gasteiger partial charge in [-0.05, 0) is 18.1 Å². The number of primary amides is 1. The number of rotatable bonds is 9. The van der Waals surface area contributed by atoms with E-state index < -0.39 is 41.9 Å². The van der Waals surface area contributed by atoms with Crippen LogP contribution in [-0.2, 0) is 16.0 Å². The van der Waals surface area contributed by atoms with Gasteiger partial charge < -0.3 is 31.6 Å². The highest BCUT2D eigenvalue weighted by molar-refractivity contribution is 5.98. The Morgan fingerprint density at radius 2 is 2.05 bits per heavy atom. The Balaban J connectivity index is 1.56. The minimum atomic E-state index is -1.10. The van der Waals surface area contributed by atoms with Crippen molar-refractivity contribution in [1.82, 2.24) is 35.8 Å². The molecule has 0 aliphatic carbocycles. The minimum absolute atomic E-state index is 0.0577. The van der Waals surface area contributed by atoms with E-state index in [1.807, 2.05) is 24.3 Å². The summed E-state index contributed by atoms with van der Waals surface area (Å²) in [6, 6.07) is 4.19. The van der Waals surface area contributed by atoms with Crippen molar-refractivity contribution in [2.45, 2.75) is 31.0 Å². The van der Waals surface area contributed by atoms with E-state index in [-0.39, 0.29) is 25.2 Å². The fourth-order valence-corrected chi connectivity index (χ4v) is 4.44. The second-order valence-electron chi connectivity index (χ2n) is 8.60. The molecule has 12 heteroatoms. The Hall–Kier alpha value is -4.74. The number of aromatic nitrogens is 3. The van der Waals surface area contributed by atoms with Crippen LogP contribution in [0.15, 0.2) is 61.7 Å². The van der Waals surface area contributed by atoms with Crippen LogP contribution in [0.4, 0.5) is 4.79 Å². The maximum atomic E-state index is 13.6. The van der Waals surface area contributed by atoms with Gasteiger partial charge in [-0.3, -0.25) is 19.4 Å². The first kappa shape index (κ1) is 25.4. The highest BCUT2D eigenvalue weighted by atomic mass is 16.2. The number of nitrogens with one attached hydrogen (secondary N) is 4. The second kappa shape index (κ2) is 11.3. The number of carbonyl (C=O) groups excluding carboxylic acids is 4. The number of para-hydroxylation sites is 1. The molecule has 3 atom stereocenters. The molecule has 1 saturated heterocycles. The predicted molar refractivity (Wildman–Crippen MR) is 135 cm³/mol. The summed E-state index contributed by atoms with van der Waals surface area (Å²) in [5.74, 6) is -1.86. The van der Waals surface area contributed by atoms with Crippen LogP contribution in [0.3, 0.4) is 0 Å². The molecular formula is C25H28N8O4. The quantitative estimate of drug-likeness (QED) is 0.261. The van der Waals surface area contributed by atoms with E-state index in [4.69, 9.17) is 5.73 Å². The number of hydrogen-bond donors (Lipinski definition) is 5. The molecule has 0 unspecified atom stereocenters. The fraction of sp³-hybridized carbons (Fsp3) is 0.280. The van der Waals surface area contributed by atoms with Crippen LogP contribution in [0.1, 0.15) is 22.5 Å². The molecule has 3 heterocycles. The fourth-order valence-electron chi connectivity index (χ4n) is 4.44. The molecule has 2 aromatic heterocycles. The Morgan fingerprint density at radius 1 is 1.24 bits per heavy atom. The smallest absolute Gasteiger partial charge is 0.315 e. The average Bonchev–Trinajstić information content (AvgIpc) is 3.51. The van der Waals surface area contributed by atoms with E-state index in [1.165, 1.54) is 29.6 Å². The van der Waals surface area contributed by atoms with Gasteiger partial charge in [0.1, 0.15) is 17.8 Å². The molecule has 6 N–H and O–H groups in total. The standard InChI is InChI=1S/C25H28N8O4/c1-2-8-29-25(37)32-18-7-11-33(24(36)20-14-27-9-10-28-20)21(18)23(35)31-19(22(26)34)12-15-13-30-17-6-4-3-5-16(15)17/h2-6,9-10,13-14,18-19,21,30H,1,7-8,11-12H2,(H2,26,34)(H,31,35)(H2,29,32,37)/t18-,19+,21-/m0/s1. The molecule has 1 aliphatic rings. The van der Waals surface area contributed by atoms with Gasteiger partial charge in [-0.1, -0.05) is 24.3 Å². The highest BCUT2D eigenvalue weighted by Gasteiger charge is 2.44. The summed E-state index contributed by atoms with van der Waals surface area (Å²) >= 11 is 0. The van der Waals surface area contributed by atoms with Crippen LogP contribution in [0.25, 0.3) is 10.9 Å². The van der Waals surface area contributed by atoms with Crippen molar-refractivity contribution in [2.75, 3.05) is 13.1 Å². The van der Waals surface area contributed by atoms with Crippen LogP contribution >= 0.6 is 0 Å². The number of carbonyl (C=O) groups is 4. The van der Waals surface area contributed by atoms with Gasteiger partial charge in [0.15, 0.2) is 0 Å². The second-order valence-corrected chi connectivity index (χ2v) is 8.60. The van der Waals surface area contributed by atoms with Gasteiger partial charge in [-0.2, -0.15) is 0 Å². The number of aromatic amines is 1. The topological polar surface area (TPSA) is 175 Å². The van der Waals surface area contributed by atoms with Crippen molar-refractivity contribution in [3.05, 3.63) is 73.0 Å². The van der Waals surface area contributed by atoms with Crippen LogP contribution in [0, 0.1) is 0 Å². The van der Waals surface area contributed by atoms with Crippen molar-refractivity contribution in [3.8, 4) is 0 Å². The molecule has 0 spiro atoms. The molecule has 4 rings (SSSR count). The van der Waals surface area contributed by atoms with Crippen molar-refractivity contribution in [1.29, 1.82) is 0 Å². The van der Waals surface area contributed by atoms with E-state index in [1.54, 1.807) is 6.20 Å². The molecule has 0 radical (unpaired) electrons. The summed E-state index contributed by atoms with van der Waals surface area (Å²) in [5, 5.41) is 8.94. The number of hydrogen-bond acceptors (Lipinski definition) is 6. The minimum Gasteiger partial charge on any atom is -0.368 e. The first-order chi connectivity index (χ1) is 17.9. The largest absolute Gasteiger partial charge is 0.368 e. The van der Waals surface area contributed by atoms with Gasteiger partial charge in [0.25, 0.3) is 5.91 Å². The number of urea groups is 1. The number of benzene rings is 1. The molecule has 12 nitrogen and oxygen atoms in total. The molecule has 5 amide bonds. The maximum Gasteiger partial charge on any atom is 0.315 e. The molecular weight excluding hydrogens is 476 g/mol. The molecule has 1 aliphatic heterocycles. The van der Waals surface area contributed by atoms with Gasteiger partial charge in [0.05, 0.1) is 12.2 Å². The Morgan fingerprint density at radius 3 is 2.78 bits per heavy atom. The van der Waals surface area contributed by atoms with Crippen LogP contribution in [-0.4, -0.2) is 74.8 Å². The SMILES string of the molecule is C=CCNC(=O)N[C@H]1CCN(C(=O)c2cnccn2)[C@@H]1C(=O)N[C@H](Cc1c[nH]c2ccccc12)C(N)=O. The lowest BCUT2D eigenvalue weighted by Crippen LogP contribution is -2.59. The summed E-state index contributed by atoms with van der Waals surface area (Å²) in [7, 11) is 0. The third-order valence-corrected chi connectivity index (χ3v) is 6.19. The lowest BCUT2D eigenvalue weighted by molar-refractivity contribution is -0.130. The third kappa shape index (κ3) is 5.74. The number of fused-ring (bicyclic) bond motifs is 1. The van der Waals surface area contributed by atoms with Crippen LogP contribution < -0.4 is 21.7 Å². The van der Waals surface area contributed by atoms with Crippen LogP contribution in [0.5, 0.6) is 0 Å². The Labute approximate surface area is 212 Å². The van der Waals surface area contributed by atoms with E-state index in [0.29, 0.717) is 6.42 Å². The van der Waals surface area contributed by atoms with E-state index in [0.717, 1.165) is 16.5 Å². The van der Waals surface area contributed by atoms with Crippen LogP contribution in [0.2, 0.25) is 0 Å². The van der Waals surface area contributed by atoms with Crippen molar-refractivity contribution in [2.24, 2.45) is 5.73 Å². The molecule has 0 saturated carbocycles. The summed E-state index contributed by atoms with van der Waals surface area (Å²) < 4.78 is 0. The summed E-state index contributed by atoms with van der Waals surface area (Å²) in [6.45, 7) is 3.97. The monoisotopic (exact) mass is 504 g/mol. The van der Waals surface area contributed by atoms with Gasteiger partial charge in [-0.15, -0.1) is 6.58 Å². The molecule has 192 valence electrons. The molecule has 0 bridgehead atoms. The normalized spacial score (nSPS) is 17.7. The Bertz CT molecular complexity index is 1310. The lowest BCUT2D eigenvalue weighted by atomic mass is 10.0. The highest BCUT2D eigenvalue weighted by Crippen LogP contribution is 2.22. The van der Waals surface area contributed by atoms with E-state index >= 15 is 0 Å². The zero-order chi connectivity index (χ0) is 26.4. The first-order valence-corrected chi connectivity index (χ1v) is 11.8. The van der Waals surface area contributed by atoms with Gasteiger partial charge in [-0.25, -0.2) is 9.78 Å². The van der Waals surface area contributed by atoms with Gasteiger partial charge in [0, 0.05) is 49.0 Å². The van der Waals surface area contributed by atoms with Gasteiger partial charge >= 0.3 is 6.03 Å². The predicted octanol–water partition coefficient (Wildman–Crippen LogP) is 0.239. The summed E-state index contributed by atoms with van der Waals surface area (Å²) in [4.78, 5) is 63.8. The molecule has 37 heavy (non-hydrogen) atoms. The maximum absolute atomic E-state index is 13.6. The van der Waals surface area contributed by atoms with Gasteiger partial charge in [0.2, 0.25) is 11.8 Å². The molecule has 1 aromatic carbocycles. The zero-order valence-corrected chi connectivity index (χ0v) is 20.0. The summed E-state index contributed by atoms with van der Waals surface area (Å²) in [6.07, 6.45) is 7.86. The Kier molecular flexibility index (Phi) is 7.77. The first-order valence-electron chi connectivity index (χ1n) is 11.8. The van der Waals surface area contributed by atoms with Crippen molar-refractivity contribution >= 4 is 34.7 Å². The van der Waals surface area contributed by atoms with E-state index in [9.17, 15) is 19.2 Å². The summed E-state index contributed by atoms with van der Waals surface area (Å²) in [5.41, 5.74) is 7.40. The molecule has 1 fully saturated rings. The van der Waals surface area contributed by atoms with Crippen molar-refractivity contribution < 1.29 is 19.2 Å². The number of nitrogens with two attached hydrogens (primary N) is 1.